The summed E-state index contributed by atoms with van der Waals surface area (Å²) < 4.78 is 0. The molecule has 4 aromatic rings. The molecular weight excluding hydrogens is 803 g/mol. The molecule has 3 nitrogen and oxygen atoms in total. The molecule has 2 fully saturated rings. The number of allylic oxidation sites excluding steroid dienone is 2. The Labute approximate surface area is 322 Å². The molecule has 2 saturated carbocycles. The quantitative estimate of drug-likeness (QED) is 0.0789. The minimum atomic E-state index is -0.337. The number of carbonyl (C=O) groups is 1. The summed E-state index contributed by atoms with van der Waals surface area (Å²) >= 11 is 0. The molecule has 2 aliphatic carbocycles. The fourth-order valence-corrected chi connectivity index (χ4v) is 8.67. The fourth-order valence-electron chi connectivity index (χ4n) is 8.67. The number of aromatic nitrogens is 1. The van der Waals surface area contributed by atoms with Gasteiger partial charge in [-0.15, -0.1) is 34.9 Å². The third-order valence-corrected chi connectivity index (χ3v) is 13.2. The maximum atomic E-state index is 12.2. The minimum absolute atomic E-state index is 0. The predicted molar refractivity (Wildman–Crippen MR) is 213 cm³/mol. The molecule has 0 unspecified atom stereocenters. The van der Waals surface area contributed by atoms with Crippen LogP contribution in [0.3, 0.4) is 0 Å². The Balaban J connectivity index is 0.000000279. The molecule has 1 spiro atoms. The number of nitrogens with zero attached hydrogens (tertiary/aromatic N) is 1. The van der Waals surface area contributed by atoms with E-state index in [9.17, 15) is 9.90 Å². The third-order valence-electron chi connectivity index (χ3n) is 13.2. The van der Waals surface area contributed by atoms with Crippen molar-refractivity contribution in [2.45, 2.75) is 145 Å². The Kier molecular flexibility index (Phi) is 13.9. The first kappa shape index (κ1) is 41.0. The van der Waals surface area contributed by atoms with E-state index in [1.807, 2.05) is 47.7 Å². The molecule has 1 aromatic heterocycles. The zero-order chi connectivity index (χ0) is 36.1. The maximum absolute atomic E-state index is 12.2. The second kappa shape index (κ2) is 17.3. The van der Waals surface area contributed by atoms with Crippen molar-refractivity contribution >= 4 is 27.3 Å². The molecule has 277 valence electrons. The van der Waals surface area contributed by atoms with Crippen LogP contribution in [0.5, 0.6) is 0 Å². The summed E-state index contributed by atoms with van der Waals surface area (Å²) in [5, 5.41) is 15.5. The number of rotatable bonds is 9. The molecule has 1 radical (unpaired) electrons. The Morgan fingerprint density at radius 3 is 2.04 bits per heavy atom. The van der Waals surface area contributed by atoms with Gasteiger partial charge in [0.05, 0.1) is 0 Å². The molecule has 0 atom stereocenters. The van der Waals surface area contributed by atoms with Gasteiger partial charge in [0.25, 0.3) is 0 Å². The van der Waals surface area contributed by atoms with E-state index in [0.717, 1.165) is 36.9 Å². The van der Waals surface area contributed by atoms with E-state index < -0.39 is 0 Å². The number of fused-ring (bicyclic) bond motifs is 3. The summed E-state index contributed by atoms with van der Waals surface area (Å²) in [6.45, 7) is 16.4. The van der Waals surface area contributed by atoms with Crippen molar-refractivity contribution in [3.63, 3.8) is 0 Å². The van der Waals surface area contributed by atoms with Crippen LogP contribution in [0.25, 0.3) is 32.8 Å². The summed E-state index contributed by atoms with van der Waals surface area (Å²) in [6, 6.07) is 21.8. The van der Waals surface area contributed by atoms with E-state index in [2.05, 4.69) is 68.4 Å². The number of aliphatic hydroxyl groups is 1. The number of pyridine rings is 1. The molecule has 0 bridgehead atoms. The summed E-state index contributed by atoms with van der Waals surface area (Å²) in [4.78, 5) is 17.0. The van der Waals surface area contributed by atoms with Gasteiger partial charge in [0, 0.05) is 43.2 Å². The van der Waals surface area contributed by atoms with Crippen molar-refractivity contribution < 1.29 is 30.0 Å². The van der Waals surface area contributed by atoms with Crippen LogP contribution in [0.4, 0.5) is 0 Å². The van der Waals surface area contributed by atoms with Crippen LogP contribution >= 0.6 is 0 Å². The van der Waals surface area contributed by atoms with Crippen molar-refractivity contribution in [2.75, 3.05) is 0 Å². The molecule has 0 amide bonds. The number of carbonyl (C=O) groups excluding carboxylic acids is 1. The number of hydrogen-bond donors (Lipinski definition) is 1. The first-order chi connectivity index (χ1) is 23.9. The van der Waals surface area contributed by atoms with Gasteiger partial charge in [-0.3, -0.25) is 4.79 Å². The summed E-state index contributed by atoms with van der Waals surface area (Å²) in [6.07, 6.45) is 19.6. The van der Waals surface area contributed by atoms with Crippen molar-refractivity contribution in [2.24, 2.45) is 16.2 Å². The van der Waals surface area contributed by atoms with Gasteiger partial charge >= 0.3 is 0 Å². The summed E-state index contributed by atoms with van der Waals surface area (Å²) in [7, 11) is 0. The average molecular weight is 865 g/mol. The number of hydrogen-bond acceptors (Lipinski definition) is 3. The molecule has 3 aromatic carbocycles. The molecule has 0 aliphatic heterocycles. The molecule has 2 aliphatic rings. The zero-order valence-electron chi connectivity index (χ0n) is 32.7. The number of aryl methyl sites for hydroxylation is 2. The third kappa shape index (κ3) is 8.88. The normalized spacial score (nSPS) is 16.8. The second-order valence-electron chi connectivity index (χ2n) is 16.3. The number of benzene rings is 3. The predicted octanol–water partition coefficient (Wildman–Crippen LogP) is 13.7. The number of aliphatic hydroxyl groups excluding tert-OH is 1. The largest absolute Gasteiger partial charge is 0.512 e. The van der Waals surface area contributed by atoms with Crippen molar-refractivity contribution in [1.82, 2.24) is 4.98 Å². The van der Waals surface area contributed by atoms with Gasteiger partial charge in [-0.2, -0.15) is 0 Å². The van der Waals surface area contributed by atoms with Crippen LogP contribution in [0, 0.1) is 36.2 Å². The first-order valence-corrected chi connectivity index (χ1v) is 19.7. The van der Waals surface area contributed by atoms with E-state index in [0.29, 0.717) is 11.3 Å². The molecule has 1 heterocycles. The van der Waals surface area contributed by atoms with Crippen LogP contribution in [0.15, 0.2) is 66.6 Å². The van der Waals surface area contributed by atoms with Gasteiger partial charge in [-0.1, -0.05) is 105 Å². The Morgan fingerprint density at radius 2 is 1.43 bits per heavy atom. The maximum Gasteiger partial charge on any atom is 0.164 e. The molecule has 1 N–H and O–H groups in total. The summed E-state index contributed by atoms with van der Waals surface area (Å²) in [5.41, 5.74) is 6.21. The monoisotopic (exact) mass is 865 g/mol. The van der Waals surface area contributed by atoms with Crippen molar-refractivity contribution in [1.29, 1.82) is 0 Å². The molecule has 0 saturated heterocycles. The summed E-state index contributed by atoms with van der Waals surface area (Å²) in [5.74, 6) is 0.988. The number of ketones is 1. The van der Waals surface area contributed by atoms with Crippen LogP contribution in [0.1, 0.15) is 148 Å². The van der Waals surface area contributed by atoms with Crippen molar-refractivity contribution in [3.05, 3.63) is 89.3 Å². The van der Waals surface area contributed by atoms with Gasteiger partial charge in [-0.05, 0) is 114 Å². The van der Waals surface area contributed by atoms with E-state index in [1.54, 1.807) is 5.56 Å². The van der Waals surface area contributed by atoms with Gasteiger partial charge < -0.3 is 10.1 Å². The van der Waals surface area contributed by atoms with E-state index in [1.165, 1.54) is 96.5 Å². The van der Waals surface area contributed by atoms with Gasteiger partial charge in [0.1, 0.15) is 5.76 Å². The molecule has 4 heteroatoms. The van der Waals surface area contributed by atoms with E-state index in [-0.39, 0.29) is 42.5 Å². The van der Waals surface area contributed by atoms with Crippen molar-refractivity contribution in [3.8, 4) is 11.3 Å². The Morgan fingerprint density at radius 1 is 0.824 bits per heavy atom. The molecule has 51 heavy (non-hydrogen) atoms. The van der Waals surface area contributed by atoms with Crippen LogP contribution < -0.4 is 0 Å². The fraction of sp³-hybridized carbons (Fsp3) is 0.532. The van der Waals surface area contributed by atoms with Gasteiger partial charge in [0.2, 0.25) is 0 Å². The zero-order valence-corrected chi connectivity index (χ0v) is 35.1. The smallest absolute Gasteiger partial charge is 0.164 e. The van der Waals surface area contributed by atoms with Gasteiger partial charge in [-0.25, -0.2) is 0 Å². The Bertz CT molecular complexity index is 1790. The average Bonchev–Trinajstić information content (AvgIpc) is 3.14. The van der Waals surface area contributed by atoms with Gasteiger partial charge in [0.15, 0.2) is 5.78 Å². The van der Waals surface area contributed by atoms with Crippen LogP contribution in [-0.4, -0.2) is 15.9 Å². The Hall–Kier alpha value is -2.81. The van der Waals surface area contributed by atoms with E-state index >= 15 is 0 Å². The van der Waals surface area contributed by atoms with Crippen LogP contribution in [-0.2, 0) is 24.9 Å². The first-order valence-electron chi connectivity index (χ1n) is 19.7. The molecular formula is C47H62IrNO2-. The standard InChI is InChI=1S/C32H34N.C15H28O2.Ir/c1-22-19-23(2)21-25(20-22)31-30-10-9-28-26(7-6-8-27(28)29(30)13-18-33-31)24-11-16-32(17-12-24)14-4-3-5-15-32;1-7-14(5,8-2)12(16)11-13(17)15(6,9-3)10-4;/h6-10,13,18-20,24H,3-5,11-12,14-17H2,1-2H3;11,16H,7-10H2,1-6H3;/q-1;;/b;12-11-;. The van der Waals surface area contributed by atoms with Crippen LogP contribution in [0.2, 0.25) is 0 Å². The minimum Gasteiger partial charge on any atom is -0.512 e. The molecule has 6 rings (SSSR count). The van der Waals surface area contributed by atoms with E-state index in [4.69, 9.17) is 4.98 Å². The topological polar surface area (TPSA) is 50.2 Å². The SMILES string of the molecule is CCC(C)(CC)C(=O)/C=C(\O)C(C)(CC)CC.Cc1[c-]c(-c2nccc3c2ccc2c(C4CCC5(CCCCC5)CC4)cccc23)cc(C)c1.[Ir]. The second-order valence-corrected chi connectivity index (χ2v) is 16.3.